The summed E-state index contributed by atoms with van der Waals surface area (Å²) >= 11 is 5.81. The molecule has 0 bridgehead atoms. The van der Waals surface area contributed by atoms with Crippen LogP contribution in [0.15, 0.2) is 6.07 Å². The first-order chi connectivity index (χ1) is 6.66. The van der Waals surface area contributed by atoms with Gasteiger partial charge >= 0.3 is 0 Å². The smallest absolute Gasteiger partial charge is 0.152 e. The molecule has 76 valence electrons. The van der Waals surface area contributed by atoms with Gasteiger partial charge in [0, 0.05) is 25.6 Å². The molecule has 2 heterocycles. The van der Waals surface area contributed by atoms with Gasteiger partial charge in [0.1, 0.15) is 0 Å². The Hall–Kier alpha value is -0.670. The standard InChI is InChI=1S/C10H14ClN3/c1-7(2)14-4-3-9-8(6-14)5-10(11)13-12-9/h5,7H,3-4,6H2,1-2H3. The molecule has 0 unspecified atom stereocenters. The van der Waals surface area contributed by atoms with Crippen LogP contribution in [0.3, 0.4) is 0 Å². The topological polar surface area (TPSA) is 29.0 Å². The van der Waals surface area contributed by atoms with Crippen LogP contribution in [0.1, 0.15) is 25.1 Å². The van der Waals surface area contributed by atoms with Gasteiger partial charge in [0.05, 0.1) is 5.69 Å². The van der Waals surface area contributed by atoms with E-state index in [1.165, 1.54) is 5.56 Å². The Kier molecular flexibility index (Phi) is 2.70. The minimum absolute atomic E-state index is 0.495. The molecule has 3 nitrogen and oxygen atoms in total. The van der Waals surface area contributed by atoms with E-state index in [2.05, 4.69) is 28.9 Å². The van der Waals surface area contributed by atoms with Gasteiger partial charge in [-0.25, -0.2) is 0 Å². The van der Waals surface area contributed by atoms with Crippen molar-refractivity contribution in [2.45, 2.75) is 32.9 Å². The van der Waals surface area contributed by atoms with Crippen LogP contribution in [-0.4, -0.2) is 27.7 Å². The van der Waals surface area contributed by atoms with E-state index >= 15 is 0 Å². The molecule has 0 spiro atoms. The molecule has 0 fully saturated rings. The second kappa shape index (κ2) is 3.83. The van der Waals surface area contributed by atoms with Crippen LogP contribution in [0.5, 0.6) is 0 Å². The molecular formula is C10H14ClN3. The number of hydrogen-bond donors (Lipinski definition) is 0. The van der Waals surface area contributed by atoms with E-state index in [4.69, 9.17) is 11.6 Å². The Morgan fingerprint density at radius 2 is 2.21 bits per heavy atom. The quantitative estimate of drug-likeness (QED) is 0.711. The van der Waals surface area contributed by atoms with Gasteiger partial charge in [-0.15, -0.1) is 5.10 Å². The summed E-state index contributed by atoms with van der Waals surface area (Å²) in [6.45, 7) is 6.44. The monoisotopic (exact) mass is 211 g/mol. The minimum Gasteiger partial charge on any atom is -0.296 e. The zero-order chi connectivity index (χ0) is 10.1. The second-order valence-corrected chi connectivity index (χ2v) is 4.34. The van der Waals surface area contributed by atoms with Gasteiger partial charge in [-0.05, 0) is 25.5 Å². The maximum atomic E-state index is 5.81. The third kappa shape index (κ3) is 1.88. The average molecular weight is 212 g/mol. The van der Waals surface area contributed by atoms with Crippen LogP contribution in [0.25, 0.3) is 0 Å². The Morgan fingerprint density at radius 1 is 1.43 bits per heavy atom. The van der Waals surface area contributed by atoms with Crippen molar-refractivity contribution in [2.75, 3.05) is 6.54 Å². The first-order valence-electron chi connectivity index (χ1n) is 4.92. The first kappa shape index (κ1) is 9.87. The molecule has 1 aromatic rings. The van der Waals surface area contributed by atoms with Crippen LogP contribution in [-0.2, 0) is 13.0 Å². The number of fused-ring (bicyclic) bond motifs is 1. The number of aromatic nitrogens is 2. The van der Waals surface area contributed by atoms with Crippen molar-refractivity contribution < 1.29 is 0 Å². The Bertz CT molecular complexity index is 338. The van der Waals surface area contributed by atoms with E-state index in [1.54, 1.807) is 0 Å². The lowest BCUT2D eigenvalue weighted by molar-refractivity contribution is 0.201. The maximum absolute atomic E-state index is 5.81. The normalized spacial score (nSPS) is 17.1. The van der Waals surface area contributed by atoms with Crippen molar-refractivity contribution in [3.63, 3.8) is 0 Å². The van der Waals surface area contributed by atoms with Crippen molar-refractivity contribution in [2.24, 2.45) is 0 Å². The SMILES string of the molecule is CC(C)N1CCc2nnc(Cl)cc2C1. The fourth-order valence-corrected chi connectivity index (χ4v) is 1.93. The van der Waals surface area contributed by atoms with Gasteiger partial charge < -0.3 is 0 Å². The molecule has 14 heavy (non-hydrogen) atoms. The Balaban J connectivity index is 2.24. The van der Waals surface area contributed by atoms with Crippen LogP contribution in [0.2, 0.25) is 5.15 Å². The van der Waals surface area contributed by atoms with E-state index in [-0.39, 0.29) is 0 Å². The molecule has 0 aliphatic carbocycles. The van der Waals surface area contributed by atoms with Crippen LogP contribution >= 0.6 is 11.6 Å². The molecule has 0 N–H and O–H groups in total. The number of hydrogen-bond acceptors (Lipinski definition) is 3. The zero-order valence-corrected chi connectivity index (χ0v) is 9.25. The molecule has 0 atom stereocenters. The maximum Gasteiger partial charge on any atom is 0.152 e. The molecule has 0 saturated heterocycles. The molecule has 1 aliphatic heterocycles. The van der Waals surface area contributed by atoms with E-state index in [9.17, 15) is 0 Å². The summed E-state index contributed by atoms with van der Waals surface area (Å²) in [7, 11) is 0. The Labute approximate surface area is 89.1 Å². The highest BCUT2D eigenvalue weighted by atomic mass is 35.5. The molecule has 0 radical (unpaired) electrons. The van der Waals surface area contributed by atoms with Crippen molar-refractivity contribution in [1.82, 2.24) is 15.1 Å². The van der Waals surface area contributed by atoms with E-state index in [1.807, 2.05) is 6.07 Å². The van der Waals surface area contributed by atoms with E-state index in [0.29, 0.717) is 11.2 Å². The van der Waals surface area contributed by atoms with E-state index < -0.39 is 0 Å². The third-order valence-corrected chi connectivity index (χ3v) is 2.85. The predicted molar refractivity (Wildman–Crippen MR) is 56.3 cm³/mol. The average Bonchev–Trinajstić information content (AvgIpc) is 2.16. The fraction of sp³-hybridized carbons (Fsp3) is 0.600. The molecule has 2 rings (SSSR count). The van der Waals surface area contributed by atoms with E-state index in [0.717, 1.165) is 25.2 Å². The molecule has 0 amide bonds. The van der Waals surface area contributed by atoms with Crippen molar-refractivity contribution in [1.29, 1.82) is 0 Å². The molecule has 0 aromatic carbocycles. The summed E-state index contributed by atoms with van der Waals surface area (Å²) in [5, 5.41) is 8.46. The zero-order valence-electron chi connectivity index (χ0n) is 8.50. The second-order valence-electron chi connectivity index (χ2n) is 3.95. The number of halogens is 1. The van der Waals surface area contributed by atoms with Gasteiger partial charge in [-0.2, -0.15) is 5.10 Å². The highest BCUT2D eigenvalue weighted by molar-refractivity contribution is 6.29. The highest BCUT2D eigenvalue weighted by Crippen LogP contribution is 2.20. The number of nitrogens with zero attached hydrogens (tertiary/aromatic N) is 3. The lowest BCUT2D eigenvalue weighted by atomic mass is 10.1. The number of rotatable bonds is 1. The van der Waals surface area contributed by atoms with Gasteiger partial charge in [-0.1, -0.05) is 11.6 Å². The van der Waals surface area contributed by atoms with Crippen molar-refractivity contribution in [3.05, 3.63) is 22.5 Å². The molecule has 1 aliphatic rings. The summed E-state index contributed by atoms with van der Waals surface area (Å²) in [5.74, 6) is 0. The summed E-state index contributed by atoms with van der Waals surface area (Å²) in [5.41, 5.74) is 2.33. The van der Waals surface area contributed by atoms with Gasteiger partial charge in [-0.3, -0.25) is 4.90 Å². The molecule has 4 heteroatoms. The van der Waals surface area contributed by atoms with Crippen LogP contribution in [0.4, 0.5) is 0 Å². The lowest BCUT2D eigenvalue weighted by Gasteiger charge is -2.30. The van der Waals surface area contributed by atoms with Gasteiger partial charge in [0.2, 0.25) is 0 Å². The van der Waals surface area contributed by atoms with Crippen molar-refractivity contribution >= 4 is 11.6 Å². The highest BCUT2D eigenvalue weighted by Gasteiger charge is 2.19. The molecular weight excluding hydrogens is 198 g/mol. The predicted octanol–water partition coefficient (Wildman–Crippen LogP) is 1.90. The summed E-state index contributed by atoms with van der Waals surface area (Å²) < 4.78 is 0. The van der Waals surface area contributed by atoms with Crippen LogP contribution < -0.4 is 0 Å². The third-order valence-electron chi connectivity index (χ3n) is 2.67. The van der Waals surface area contributed by atoms with Crippen LogP contribution in [0, 0.1) is 0 Å². The largest absolute Gasteiger partial charge is 0.296 e. The molecule has 0 saturated carbocycles. The lowest BCUT2D eigenvalue weighted by Crippen LogP contribution is -2.36. The molecule has 1 aromatic heterocycles. The van der Waals surface area contributed by atoms with Gasteiger partial charge in [0.15, 0.2) is 5.15 Å². The van der Waals surface area contributed by atoms with Crippen molar-refractivity contribution in [3.8, 4) is 0 Å². The fourth-order valence-electron chi connectivity index (χ4n) is 1.76. The minimum atomic E-state index is 0.495. The van der Waals surface area contributed by atoms with Gasteiger partial charge in [0.25, 0.3) is 0 Å². The first-order valence-corrected chi connectivity index (χ1v) is 5.29. The summed E-state index contributed by atoms with van der Waals surface area (Å²) in [6.07, 6.45) is 0.984. The summed E-state index contributed by atoms with van der Waals surface area (Å²) in [6, 6.07) is 2.51. The summed E-state index contributed by atoms with van der Waals surface area (Å²) in [4.78, 5) is 2.42. The Morgan fingerprint density at radius 3 is 2.93 bits per heavy atom.